The zero-order valence-electron chi connectivity index (χ0n) is 26.6. The number of benzene rings is 1. The second-order valence-corrected chi connectivity index (χ2v) is 14.3. The van der Waals surface area contributed by atoms with Gasteiger partial charge in [-0.15, -0.1) is 0 Å². The fourth-order valence-electron chi connectivity index (χ4n) is 12.2. The molecule has 15 atom stereocenters. The zero-order chi connectivity index (χ0) is 32.3. The maximum Gasteiger partial charge on any atom is 0.338 e. The van der Waals surface area contributed by atoms with Gasteiger partial charge in [0, 0.05) is 83.0 Å². The van der Waals surface area contributed by atoms with Gasteiger partial charge in [-0.05, 0) is 31.5 Å². The molecule has 12 heteroatoms. The molecule has 1 heterocycles. The maximum atomic E-state index is 13.7. The number of fused-ring (bicyclic) bond motifs is 2. The number of carbonyl (C=O) groups is 2. The molecule has 1 aromatic carbocycles. The third-order valence-corrected chi connectivity index (χ3v) is 12.9. The summed E-state index contributed by atoms with van der Waals surface area (Å²) in [4.78, 5) is 29.1. The van der Waals surface area contributed by atoms with E-state index < -0.39 is 88.3 Å². The van der Waals surface area contributed by atoms with Crippen LogP contribution in [0.5, 0.6) is 0 Å². The van der Waals surface area contributed by atoms with E-state index >= 15 is 0 Å². The largest absolute Gasteiger partial charge is 0.455 e. The van der Waals surface area contributed by atoms with Crippen molar-refractivity contribution in [3.05, 3.63) is 35.9 Å². The van der Waals surface area contributed by atoms with E-state index in [0.29, 0.717) is 18.5 Å². The van der Waals surface area contributed by atoms with Crippen LogP contribution >= 0.6 is 0 Å². The number of hydrogen-bond donors (Lipinski definition) is 3. The highest BCUT2D eigenvalue weighted by atomic mass is 16.6. The van der Waals surface area contributed by atoms with Gasteiger partial charge in [0.05, 0.1) is 30.5 Å². The second-order valence-electron chi connectivity index (χ2n) is 14.3. The molecule has 12 nitrogen and oxygen atoms in total. The Morgan fingerprint density at radius 3 is 2.31 bits per heavy atom. The van der Waals surface area contributed by atoms with Crippen molar-refractivity contribution in [2.45, 2.75) is 73.6 Å². The van der Waals surface area contributed by atoms with Crippen LogP contribution in [0.4, 0.5) is 0 Å². The van der Waals surface area contributed by atoms with E-state index in [1.54, 1.807) is 51.7 Å². The molecule has 1 saturated heterocycles. The number of nitrogens with zero attached hydrogens (tertiary/aromatic N) is 1. The number of likely N-dealkylation sites (tertiary alicyclic amines) is 1. The number of rotatable bonds is 8. The topological polar surface area (TPSA) is 153 Å². The van der Waals surface area contributed by atoms with Crippen LogP contribution in [0.2, 0.25) is 0 Å². The van der Waals surface area contributed by atoms with Crippen LogP contribution in [-0.2, 0) is 33.2 Å². The third kappa shape index (κ3) is 3.55. The highest BCUT2D eigenvalue weighted by molar-refractivity contribution is 5.89. The standard InChI is InChI=1S/C33H45NO11/c1-16(35)45-33-21-18(13-31(39,28(43-6)26(33)37)27(21)44-29(38)17-10-8-7-9-11-17)32-20(41-4)12-19(36)30(15-40-3)14-34(2)25(32)22(33)23(42-5)24(30)32/h7-11,18-28,36-37,39H,12-15H2,1-6H3/t18-,19+,20+,21-,22+,23+,24-,25-,26+,27-,28+,30-,31+,32-,33+/m1/s1. The molecule has 0 aromatic heterocycles. The maximum absolute atomic E-state index is 13.7. The SMILES string of the molecule is COC[C@@]12CN(C)[C@@H]3[C@@H]4[C@H](OC)[C@H]1[C@]3([C@@H](OC)C[C@@H]2O)[C@@H]1C[C@]2(O)[C@H](OC(=O)c3ccccc3)[C@@H]1[C@@]4(OC(C)=O)[C@@H](O)[C@@H]2OC. The third-order valence-electron chi connectivity index (χ3n) is 12.9. The van der Waals surface area contributed by atoms with Crippen molar-refractivity contribution in [3.8, 4) is 0 Å². The van der Waals surface area contributed by atoms with E-state index in [1.807, 2.05) is 7.05 Å². The van der Waals surface area contributed by atoms with E-state index in [0.717, 1.165) is 0 Å². The molecular formula is C33H45NO11. The molecule has 6 aliphatic rings. The fraction of sp³-hybridized carbons (Fsp3) is 0.758. The van der Waals surface area contributed by atoms with E-state index in [2.05, 4.69) is 4.90 Å². The van der Waals surface area contributed by atoms with Gasteiger partial charge in [-0.1, -0.05) is 18.2 Å². The summed E-state index contributed by atoms with van der Waals surface area (Å²) in [6.45, 7) is 2.00. The van der Waals surface area contributed by atoms with Crippen LogP contribution in [-0.4, -0.2) is 135 Å². The van der Waals surface area contributed by atoms with Crippen LogP contribution in [0.1, 0.15) is 30.1 Å². The lowest BCUT2D eigenvalue weighted by Gasteiger charge is -2.70. The van der Waals surface area contributed by atoms with Crippen molar-refractivity contribution < 1.29 is 53.3 Å². The molecular weight excluding hydrogens is 586 g/mol. The van der Waals surface area contributed by atoms with E-state index in [4.69, 9.17) is 28.4 Å². The van der Waals surface area contributed by atoms with Crippen molar-refractivity contribution in [2.75, 3.05) is 48.6 Å². The Balaban J connectivity index is 1.52. The number of carbonyl (C=O) groups excluding carboxylic acids is 2. The van der Waals surface area contributed by atoms with Gasteiger partial charge in [0.25, 0.3) is 0 Å². The lowest BCUT2D eigenvalue weighted by atomic mass is 9.42. The van der Waals surface area contributed by atoms with Gasteiger partial charge in [-0.3, -0.25) is 4.79 Å². The average Bonchev–Trinajstić information content (AvgIpc) is 3.40. The Labute approximate surface area is 262 Å². The minimum absolute atomic E-state index is 0.0754. The quantitative estimate of drug-likeness (QED) is 0.337. The minimum atomic E-state index is -1.83. The van der Waals surface area contributed by atoms with E-state index in [9.17, 15) is 24.9 Å². The van der Waals surface area contributed by atoms with Crippen molar-refractivity contribution in [1.29, 1.82) is 0 Å². The number of aliphatic hydroxyl groups excluding tert-OH is 2. The first-order chi connectivity index (χ1) is 21.4. The summed E-state index contributed by atoms with van der Waals surface area (Å²) in [5, 5.41) is 37.0. The number of ether oxygens (including phenoxy) is 6. The first-order valence-corrected chi connectivity index (χ1v) is 15.8. The van der Waals surface area contributed by atoms with Crippen LogP contribution < -0.4 is 0 Å². The zero-order valence-corrected chi connectivity index (χ0v) is 26.6. The molecule has 7 bridgehead atoms. The lowest BCUT2D eigenvalue weighted by Crippen LogP contribution is -2.81. The van der Waals surface area contributed by atoms with Crippen LogP contribution in [0.25, 0.3) is 0 Å². The normalized spacial score (nSPS) is 50.7. The average molecular weight is 632 g/mol. The summed E-state index contributed by atoms with van der Waals surface area (Å²) in [5.41, 5.74) is -4.79. The van der Waals surface area contributed by atoms with Crippen molar-refractivity contribution in [3.63, 3.8) is 0 Å². The first kappa shape index (κ1) is 31.4. The van der Waals surface area contributed by atoms with Gasteiger partial charge in [0.15, 0.2) is 5.60 Å². The number of methoxy groups -OCH3 is 4. The van der Waals surface area contributed by atoms with Gasteiger partial charge in [-0.2, -0.15) is 0 Å². The molecule has 5 aliphatic carbocycles. The second kappa shape index (κ2) is 10.4. The Bertz CT molecular complexity index is 1350. The van der Waals surface area contributed by atoms with Gasteiger partial charge in [-0.25, -0.2) is 4.79 Å². The summed E-state index contributed by atoms with van der Waals surface area (Å²) >= 11 is 0. The summed E-state index contributed by atoms with van der Waals surface area (Å²) in [6, 6.07) is 8.15. The number of esters is 2. The first-order valence-electron chi connectivity index (χ1n) is 15.8. The highest BCUT2D eigenvalue weighted by Gasteiger charge is 2.92. The van der Waals surface area contributed by atoms with E-state index in [-0.39, 0.29) is 25.0 Å². The molecule has 7 rings (SSSR count). The van der Waals surface area contributed by atoms with Crippen LogP contribution in [0.3, 0.4) is 0 Å². The molecule has 5 saturated carbocycles. The Morgan fingerprint density at radius 2 is 1.71 bits per heavy atom. The molecule has 0 radical (unpaired) electrons. The van der Waals surface area contributed by atoms with Gasteiger partial charge in [0.2, 0.25) is 0 Å². The Kier molecular flexibility index (Phi) is 7.28. The summed E-state index contributed by atoms with van der Waals surface area (Å²) in [5.74, 6) is -3.66. The molecule has 1 spiro atoms. The minimum Gasteiger partial charge on any atom is -0.455 e. The monoisotopic (exact) mass is 631 g/mol. The molecule has 1 aromatic rings. The predicted octanol–water partition coefficient (Wildman–Crippen LogP) is 0.258. The number of piperidine rings is 1. The van der Waals surface area contributed by atoms with Gasteiger partial charge >= 0.3 is 11.9 Å². The molecule has 45 heavy (non-hydrogen) atoms. The lowest BCUT2D eigenvalue weighted by molar-refractivity contribution is -0.321. The smallest absolute Gasteiger partial charge is 0.338 e. The van der Waals surface area contributed by atoms with E-state index in [1.165, 1.54) is 14.0 Å². The fourth-order valence-corrected chi connectivity index (χ4v) is 12.2. The number of hydrogen-bond acceptors (Lipinski definition) is 12. The molecule has 0 unspecified atom stereocenters. The molecule has 3 N–H and O–H groups in total. The summed E-state index contributed by atoms with van der Waals surface area (Å²) < 4.78 is 37.2. The summed E-state index contributed by atoms with van der Waals surface area (Å²) in [7, 11) is 8.20. The Hall–Kier alpha value is -2.16. The van der Waals surface area contributed by atoms with Crippen LogP contribution in [0.15, 0.2) is 30.3 Å². The molecule has 1 aliphatic heterocycles. The van der Waals surface area contributed by atoms with Crippen molar-refractivity contribution >= 4 is 11.9 Å². The van der Waals surface area contributed by atoms with Crippen LogP contribution in [0, 0.1) is 34.5 Å². The predicted molar refractivity (Wildman–Crippen MR) is 156 cm³/mol. The summed E-state index contributed by atoms with van der Waals surface area (Å²) in [6.07, 6.45) is -5.50. The van der Waals surface area contributed by atoms with Gasteiger partial charge in [0.1, 0.15) is 23.9 Å². The molecule has 6 fully saturated rings. The highest BCUT2D eigenvalue weighted by Crippen LogP contribution is 2.80. The Morgan fingerprint density at radius 1 is 1.00 bits per heavy atom. The van der Waals surface area contributed by atoms with Crippen molar-refractivity contribution in [2.24, 2.45) is 34.5 Å². The van der Waals surface area contributed by atoms with Crippen molar-refractivity contribution in [1.82, 2.24) is 4.90 Å². The number of aliphatic hydroxyl groups is 3. The van der Waals surface area contributed by atoms with Gasteiger partial charge < -0.3 is 48.6 Å². The molecule has 0 amide bonds. The molecule has 248 valence electrons.